The van der Waals surface area contributed by atoms with Crippen LogP contribution in [0.25, 0.3) is 0 Å². The molecule has 3 nitrogen and oxygen atoms in total. The summed E-state index contributed by atoms with van der Waals surface area (Å²) in [4.78, 5) is 13.9. The Labute approximate surface area is 75.4 Å². The Bertz CT molecular complexity index is 403. The van der Waals surface area contributed by atoms with Gasteiger partial charge in [-0.2, -0.15) is 0 Å². The van der Waals surface area contributed by atoms with Crippen molar-refractivity contribution in [2.45, 2.75) is 6.10 Å². The van der Waals surface area contributed by atoms with Crippen LogP contribution in [-0.2, 0) is 4.74 Å². The van der Waals surface area contributed by atoms with E-state index in [4.69, 9.17) is 4.74 Å². The van der Waals surface area contributed by atoms with Crippen molar-refractivity contribution in [3.8, 4) is 0 Å². The fourth-order valence-corrected chi connectivity index (χ4v) is 1.22. The lowest BCUT2D eigenvalue weighted by atomic mass is 10.1. The summed E-state index contributed by atoms with van der Waals surface area (Å²) in [6.07, 6.45) is 8.42. The highest BCUT2D eigenvalue weighted by Crippen LogP contribution is 2.17. The minimum Gasteiger partial charge on any atom is -0.489 e. The second-order valence-corrected chi connectivity index (χ2v) is 2.72. The Kier molecular flexibility index (Phi) is 2.00. The lowest BCUT2D eigenvalue weighted by Gasteiger charge is -2.13. The molecule has 0 radical (unpaired) electrons. The molecule has 1 aliphatic rings. The first kappa shape index (κ1) is 7.86. The van der Waals surface area contributed by atoms with Gasteiger partial charge in [0.15, 0.2) is 0 Å². The normalized spacial score (nSPS) is 19.8. The molecule has 1 N–H and O–H groups in total. The minimum atomic E-state index is -0.255. The van der Waals surface area contributed by atoms with Gasteiger partial charge < -0.3 is 9.72 Å². The van der Waals surface area contributed by atoms with Crippen molar-refractivity contribution >= 4 is 0 Å². The van der Waals surface area contributed by atoms with Crippen molar-refractivity contribution in [3.63, 3.8) is 0 Å². The van der Waals surface area contributed by atoms with E-state index in [1.54, 1.807) is 30.7 Å². The molecule has 1 atom stereocenters. The third-order valence-electron chi connectivity index (χ3n) is 1.86. The van der Waals surface area contributed by atoms with Crippen LogP contribution in [0.15, 0.2) is 47.6 Å². The summed E-state index contributed by atoms with van der Waals surface area (Å²) < 4.78 is 5.26. The maximum Gasteiger partial charge on any atom is 0.255 e. The van der Waals surface area contributed by atoms with E-state index in [2.05, 4.69) is 4.98 Å². The van der Waals surface area contributed by atoms with Crippen molar-refractivity contribution in [1.82, 2.24) is 4.98 Å². The van der Waals surface area contributed by atoms with E-state index in [1.807, 2.05) is 12.2 Å². The van der Waals surface area contributed by atoms with Gasteiger partial charge in [-0.25, -0.2) is 0 Å². The molecule has 3 heteroatoms. The molecule has 2 heterocycles. The van der Waals surface area contributed by atoms with Gasteiger partial charge in [0.05, 0.1) is 11.8 Å². The van der Waals surface area contributed by atoms with Crippen LogP contribution < -0.4 is 5.56 Å². The molecule has 0 aromatic carbocycles. The van der Waals surface area contributed by atoms with Gasteiger partial charge in [-0.15, -0.1) is 0 Å². The third-order valence-corrected chi connectivity index (χ3v) is 1.86. The average Bonchev–Trinajstić information content (AvgIpc) is 2.20. The van der Waals surface area contributed by atoms with Gasteiger partial charge in [-0.1, -0.05) is 6.08 Å². The van der Waals surface area contributed by atoms with Crippen molar-refractivity contribution in [1.29, 1.82) is 0 Å². The molecule has 0 spiro atoms. The zero-order valence-corrected chi connectivity index (χ0v) is 6.94. The zero-order chi connectivity index (χ0) is 9.10. The molecule has 1 aromatic rings. The molecule has 1 unspecified atom stereocenters. The number of aromatic nitrogens is 1. The summed E-state index contributed by atoms with van der Waals surface area (Å²) in [5, 5.41) is 0. The molecule has 0 bridgehead atoms. The Morgan fingerprint density at radius 2 is 2.31 bits per heavy atom. The molecular weight excluding hydrogens is 166 g/mol. The molecule has 1 aliphatic heterocycles. The molecule has 66 valence electrons. The Morgan fingerprint density at radius 1 is 1.38 bits per heavy atom. The lowest BCUT2D eigenvalue weighted by molar-refractivity contribution is 0.185. The van der Waals surface area contributed by atoms with Crippen LogP contribution in [0, 0.1) is 0 Å². The van der Waals surface area contributed by atoms with Gasteiger partial charge in [-0.3, -0.25) is 4.79 Å². The minimum absolute atomic E-state index is 0.104. The highest BCUT2D eigenvalue weighted by Gasteiger charge is 2.12. The number of allylic oxidation sites excluding steroid dienone is 2. The molecule has 0 fully saturated rings. The summed E-state index contributed by atoms with van der Waals surface area (Å²) in [6.45, 7) is 0. The number of hydrogen-bond donors (Lipinski definition) is 1. The SMILES string of the molecule is O=c1[nH]cccc1C1C=CC=CO1. The zero-order valence-electron chi connectivity index (χ0n) is 6.94. The average molecular weight is 175 g/mol. The Hall–Kier alpha value is -1.77. The van der Waals surface area contributed by atoms with Gasteiger partial charge in [0.1, 0.15) is 6.10 Å². The fraction of sp³-hybridized carbons (Fsp3) is 0.100. The van der Waals surface area contributed by atoms with Crippen molar-refractivity contribution < 1.29 is 4.74 Å². The Morgan fingerprint density at radius 3 is 3.00 bits per heavy atom. The van der Waals surface area contributed by atoms with Crippen molar-refractivity contribution in [2.24, 2.45) is 0 Å². The summed E-state index contributed by atoms with van der Waals surface area (Å²) in [6, 6.07) is 3.54. The van der Waals surface area contributed by atoms with Gasteiger partial charge in [-0.05, 0) is 24.3 Å². The summed E-state index contributed by atoms with van der Waals surface area (Å²) >= 11 is 0. The maximum absolute atomic E-state index is 11.3. The third kappa shape index (κ3) is 1.54. The number of H-pyrrole nitrogens is 1. The second-order valence-electron chi connectivity index (χ2n) is 2.72. The van der Waals surface area contributed by atoms with E-state index < -0.39 is 0 Å². The predicted molar refractivity (Wildman–Crippen MR) is 49.2 cm³/mol. The number of hydrogen-bond acceptors (Lipinski definition) is 2. The first-order valence-electron chi connectivity index (χ1n) is 4.04. The first-order chi connectivity index (χ1) is 6.38. The van der Waals surface area contributed by atoms with Gasteiger partial charge in [0.25, 0.3) is 5.56 Å². The highest BCUT2D eigenvalue weighted by atomic mass is 16.5. The smallest absolute Gasteiger partial charge is 0.255 e. The van der Waals surface area contributed by atoms with E-state index in [0.717, 1.165) is 0 Å². The van der Waals surface area contributed by atoms with Crippen LogP contribution in [0.5, 0.6) is 0 Å². The second kappa shape index (κ2) is 3.31. The van der Waals surface area contributed by atoms with E-state index >= 15 is 0 Å². The lowest BCUT2D eigenvalue weighted by Crippen LogP contribution is -2.15. The van der Waals surface area contributed by atoms with Crippen LogP contribution in [0.2, 0.25) is 0 Å². The fourth-order valence-electron chi connectivity index (χ4n) is 1.22. The highest BCUT2D eigenvalue weighted by molar-refractivity contribution is 5.21. The molecule has 1 aromatic heterocycles. The molecule has 0 saturated heterocycles. The van der Waals surface area contributed by atoms with Gasteiger partial charge in [0, 0.05) is 6.20 Å². The largest absolute Gasteiger partial charge is 0.489 e. The van der Waals surface area contributed by atoms with E-state index in [9.17, 15) is 4.79 Å². The van der Waals surface area contributed by atoms with Crippen LogP contribution in [0.4, 0.5) is 0 Å². The quantitative estimate of drug-likeness (QED) is 0.703. The van der Waals surface area contributed by atoms with E-state index in [0.29, 0.717) is 5.56 Å². The van der Waals surface area contributed by atoms with Crippen LogP contribution >= 0.6 is 0 Å². The number of nitrogens with one attached hydrogen (secondary N) is 1. The number of rotatable bonds is 1. The first-order valence-corrected chi connectivity index (χ1v) is 4.04. The molecular formula is C10H9NO2. The molecule has 0 aliphatic carbocycles. The molecule has 0 saturated carbocycles. The van der Waals surface area contributed by atoms with Crippen molar-refractivity contribution in [2.75, 3.05) is 0 Å². The topological polar surface area (TPSA) is 42.1 Å². The Balaban J connectivity index is 2.36. The monoisotopic (exact) mass is 175 g/mol. The summed E-state index contributed by atoms with van der Waals surface area (Å²) in [5.41, 5.74) is 0.524. The molecule has 13 heavy (non-hydrogen) atoms. The van der Waals surface area contributed by atoms with Crippen molar-refractivity contribution in [3.05, 3.63) is 58.7 Å². The number of ether oxygens (including phenoxy) is 1. The standard InChI is InChI=1S/C10H9NO2/c12-10-8(4-3-6-11-10)9-5-1-2-7-13-9/h1-7,9H,(H,11,12). The van der Waals surface area contributed by atoms with Gasteiger partial charge >= 0.3 is 0 Å². The van der Waals surface area contributed by atoms with E-state index in [-0.39, 0.29) is 11.7 Å². The summed E-state index contributed by atoms with van der Waals surface area (Å²) in [5.74, 6) is 0. The predicted octanol–water partition coefficient (Wildman–Crippen LogP) is 1.52. The van der Waals surface area contributed by atoms with Crippen LogP contribution in [0.3, 0.4) is 0 Å². The number of aromatic amines is 1. The van der Waals surface area contributed by atoms with E-state index in [1.165, 1.54) is 0 Å². The summed E-state index contributed by atoms with van der Waals surface area (Å²) in [7, 11) is 0. The molecule has 2 rings (SSSR count). The van der Waals surface area contributed by atoms with Crippen LogP contribution in [-0.4, -0.2) is 4.98 Å². The molecule has 0 amide bonds. The van der Waals surface area contributed by atoms with Gasteiger partial charge in [0.2, 0.25) is 0 Å². The van der Waals surface area contributed by atoms with Crippen LogP contribution in [0.1, 0.15) is 11.7 Å². The maximum atomic E-state index is 11.3. The number of pyridine rings is 1.